The van der Waals surface area contributed by atoms with Gasteiger partial charge in [0.1, 0.15) is 5.82 Å². The Balaban J connectivity index is 2.99. The van der Waals surface area contributed by atoms with Crippen LogP contribution in [0.3, 0.4) is 0 Å². The summed E-state index contributed by atoms with van der Waals surface area (Å²) in [6.07, 6.45) is 2.90. The molecule has 0 bridgehead atoms. The van der Waals surface area contributed by atoms with E-state index < -0.39 is 0 Å². The first-order chi connectivity index (χ1) is 8.08. The predicted octanol–water partition coefficient (Wildman–Crippen LogP) is 3.83. The van der Waals surface area contributed by atoms with Crippen LogP contribution < -0.4 is 5.32 Å². The van der Waals surface area contributed by atoms with Gasteiger partial charge in [-0.25, -0.2) is 4.39 Å². The van der Waals surface area contributed by atoms with Crippen LogP contribution >= 0.6 is 0 Å². The molecule has 1 aromatic carbocycles. The van der Waals surface area contributed by atoms with Gasteiger partial charge < -0.3 is 5.32 Å². The highest BCUT2D eigenvalue weighted by Gasteiger charge is 2.11. The van der Waals surface area contributed by atoms with E-state index in [2.05, 4.69) is 5.32 Å². The molecule has 0 unspecified atom stereocenters. The fraction of sp³-hybridized carbons (Fsp3) is 0.500. The van der Waals surface area contributed by atoms with E-state index in [4.69, 9.17) is 0 Å². The summed E-state index contributed by atoms with van der Waals surface area (Å²) in [6.45, 7) is 5.83. The molecule has 0 aromatic heterocycles. The molecular formula is C14H20FNO. The number of halogens is 1. The molecule has 94 valence electrons. The van der Waals surface area contributed by atoms with Gasteiger partial charge in [0, 0.05) is 6.42 Å². The number of anilines is 1. The van der Waals surface area contributed by atoms with Crippen molar-refractivity contribution in [3.63, 3.8) is 0 Å². The average molecular weight is 237 g/mol. The Kier molecular flexibility index (Phi) is 5.13. The highest BCUT2D eigenvalue weighted by molar-refractivity contribution is 5.91. The van der Waals surface area contributed by atoms with Gasteiger partial charge in [0.2, 0.25) is 5.91 Å². The minimum absolute atomic E-state index is 0.118. The second-order valence-corrected chi connectivity index (χ2v) is 4.33. The van der Waals surface area contributed by atoms with Gasteiger partial charge in [-0.05, 0) is 37.0 Å². The van der Waals surface area contributed by atoms with Gasteiger partial charge >= 0.3 is 0 Å². The van der Waals surface area contributed by atoms with Gasteiger partial charge in [0.05, 0.1) is 5.69 Å². The van der Waals surface area contributed by atoms with Crippen molar-refractivity contribution < 1.29 is 9.18 Å². The van der Waals surface area contributed by atoms with Crippen LogP contribution in [0.5, 0.6) is 0 Å². The number of hydrogen-bond acceptors (Lipinski definition) is 1. The first kappa shape index (κ1) is 13.7. The maximum atomic E-state index is 13.8. The van der Waals surface area contributed by atoms with E-state index in [1.165, 1.54) is 6.07 Å². The fourth-order valence-electron chi connectivity index (χ4n) is 1.85. The van der Waals surface area contributed by atoms with Crippen molar-refractivity contribution in [3.05, 3.63) is 29.1 Å². The second kappa shape index (κ2) is 6.38. The topological polar surface area (TPSA) is 29.1 Å². The zero-order valence-corrected chi connectivity index (χ0v) is 10.8. The van der Waals surface area contributed by atoms with Gasteiger partial charge in [0.15, 0.2) is 0 Å². The first-order valence-electron chi connectivity index (χ1n) is 6.17. The van der Waals surface area contributed by atoms with Crippen LogP contribution in [0, 0.1) is 12.7 Å². The number of rotatable bonds is 5. The van der Waals surface area contributed by atoms with Crippen molar-refractivity contribution >= 4 is 11.6 Å². The molecule has 2 nitrogen and oxygen atoms in total. The smallest absolute Gasteiger partial charge is 0.224 e. The summed E-state index contributed by atoms with van der Waals surface area (Å²) < 4.78 is 13.8. The Morgan fingerprint density at radius 1 is 1.29 bits per heavy atom. The molecule has 0 spiro atoms. The summed E-state index contributed by atoms with van der Waals surface area (Å²) in [5.41, 5.74) is 2.13. The number of carbonyl (C=O) groups excluding carboxylic acids is 1. The Hall–Kier alpha value is -1.38. The first-order valence-corrected chi connectivity index (χ1v) is 6.17. The number of aryl methyl sites for hydroxylation is 2. The van der Waals surface area contributed by atoms with Crippen molar-refractivity contribution in [2.24, 2.45) is 0 Å². The molecular weight excluding hydrogens is 217 g/mol. The van der Waals surface area contributed by atoms with E-state index in [9.17, 15) is 9.18 Å². The van der Waals surface area contributed by atoms with E-state index in [1.54, 1.807) is 0 Å². The minimum Gasteiger partial charge on any atom is -0.323 e. The van der Waals surface area contributed by atoms with Gasteiger partial charge in [-0.3, -0.25) is 4.79 Å². The molecule has 0 saturated heterocycles. The van der Waals surface area contributed by atoms with Crippen LogP contribution in [0.4, 0.5) is 10.1 Å². The molecule has 0 fully saturated rings. The molecule has 0 heterocycles. The SMILES string of the molecule is CCCC(=O)Nc1c(F)cc(C)cc1CCC. The molecule has 3 heteroatoms. The van der Waals surface area contributed by atoms with Crippen LogP contribution in [-0.4, -0.2) is 5.91 Å². The molecule has 0 radical (unpaired) electrons. The van der Waals surface area contributed by atoms with Crippen LogP contribution in [0.25, 0.3) is 0 Å². The molecule has 1 N–H and O–H groups in total. The summed E-state index contributed by atoms with van der Waals surface area (Å²) in [5, 5.41) is 2.68. The van der Waals surface area contributed by atoms with Crippen LogP contribution in [0.1, 0.15) is 44.2 Å². The third kappa shape index (κ3) is 3.84. The standard InChI is InChI=1S/C14H20FNO/c1-4-6-11-8-10(3)9-12(15)14(11)16-13(17)7-5-2/h8-9H,4-7H2,1-3H3,(H,16,17). The second-order valence-electron chi connectivity index (χ2n) is 4.33. The maximum Gasteiger partial charge on any atom is 0.224 e. The number of amides is 1. The molecule has 0 saturated carbocycles. The van der Waals surface area contributed by atoms with Gasteiger partial charge in [-0.1, -0.05) is 26.3 Å². The molecule has 0 aliphatic heterocycles. The van der Waals surface area contributed by atoms with E-state index in [0.29, 0.717) is 12.1 Å². The van der Waals surface area contributed by atoms with Crippen molar-refractivity contribution in [2.75, 3.05) is 5.32 Å². The Labute approximate surface area is 102 Å². The molecule has 1 amide bonds. The quantitative estimate of drug-likeness (QED) is 0.828. The van der Waals surface area contributed by atoms with Crippen LogP contribution in [0.2, 0.25) is 0 Å². The van der Waals surface area contributed by atoms with Crippen molar-refractivity contribution in [3.8, 4) is 0 Å². The van der Waals surface area contributed by atoms with Crippen molar-refractivity contribution in [2.45, 2.75) is 46.5 Å². The highest BCUT2D eigenvalue weighted by atomic mass is 19.1. The third-order valence-electron chi connectivity index (χ3n) is 2.58. The molecule has 1 aromatic rings. The third-order valence-corrected chi connectivity index (χ3v) is 2.58. The number of nitrogens with one attached hydrogen (secondary N) is 1. The van der Waals surface area contributed by atoms with Gasteiger partial charge in [-0.2, -0.15) is 0 Å². The lowest BCUT2D eigenvalue weighted by atomic mass is 10.0. The lowest BCUT2D eigenvalue weighted by molar-refractivity contribution is -0.116. The molecule has 17 heavy (non-hydrogen) atoms. The van der Waals surface area contributed by atoms with Gasteiger partial charge in [0.25, 0.3) is 0 Å². The lowest BCUT2D eigenvalue weighted by Gasteiger charge is -2.12. The number of hydrogen-bond donors (Lipinski definition) is 1. The highest BCUT2D eigenvalue weighted by Crippen LogP contribution is 2.23. The molecule has 0 atom stereocenters. The monoisotopic (exact) mass is 237 g/mol. The zero-order chi connectivity index (χ0) is 12.8. The zero-order valence-electron chi connectivity index (χ0n) is 10.8. The van der Waals surface area contributed by atoms with E-state index in [-0.39, 0.29) is 11.7 Å². The summed E-state index contributed by atoms with van der Waals surface area (Å²) >= 11 is 0. The largest absolute Gasteiger partial charge is 0.323 e. The molecule has 0 aliphatic carbocycles. The Morgan fingerprint density at radius 3 is 2.59 bits per heavy atom. The van der Waals surface area contributed by atoms with E-state index >= 15 is 0 Å². The van der Waals surface area contributed by atoms with Crippen molar-refractivity contribution in [1.82, 2.24) is 0 Å². The normalized spacial score (nSPS) is 10.4. The fourth-order valence-corrected chi connectivity index (χ4v) is 1.85. The van der Waals surface area contributed by atoms with Gasteiger partial charge in [-0.15, -0.1) is 0 Å². The maximum absolute atomic E-state index is 13.8. The predicted molar refractivity (Wildman–Crippen MR) is 68.7 cm³/mol. The lowest BCUT2D eigenvalue weighted by Crippen LogP contribution is -2.14. The Bertz CT molecular complexity index is 401. The van der Waals surface area contributed by atoms with Crippen LogP contribution in [-0.2, 0) is 11.2 Å². The average Bonchev–Trinajstić information content (AvgIpc) is 2.24. The Morgan fingerprint density at radius 2 is 2.00 bits per heavy atom. The van der Waals surface area contributed by atoms with E-state index in [1.807, 2.05) is 26.8 Å². The minimum atomic E-state index is -0.335. The molecule has 1 rings (SSSR count). The summed E-state index contributed by atoms with van der Waals surface area (Å²) in [5.74, 6) is -0.453. The van der Waals surface area contributed by atoms with Crippen LogP contribution in [0.15, 0.2) is 12.1 Å². The summed E-state index contributed by atoms with van der Waals surface area (Å²) in [4.78, 5) is 11.5. The number of carbonyl (C=O) groups is 1. The summed E-state index contributed by atoms with van der Waals surface area (Å²) in [6, 6.07) is 3.40. The molecule has 0 aliphatic rings. The van der Waals surface area contributed by atoms with E-state index in [0.717, 1.165) is 30.4 Å². The number of benzene rings is 1. The summed E-state index contributed by atoms with van der Waals surface area (Å²) in [7, 11) is 0. The van der Waals surface area contributed by atoms with Crippen molar-refractivity contribution in [1.29, 1.82) is 0 Å².